The average molecular weight is 457 g/mol. The zero-order chi connectivity index (χ0) is 22.0. The Morgan fingerprint density at radius 1 is 1.16 bits per heavy atom. The summed E-state index contributed by atoms with van der Waals surface area (Å²) < 4.78 is 35.5. The molecule has 1 amide bonds. The minimum atomic E-state index is -3.39. The van der Waals surface area contributed by atoms with Gasteiger partial charge in [-0.25, -0.2) is 13.4 Å². The summed E-state index contributed by atoms with van der Waals surface area (Å²) in [5.41, 5.74) is 1.56. The molecule has 0 aliphatic heterocycles. The molecule has 0 unspecified atom stereocenters. The summed E-state index contributed by atoms with van der Waals surface area (Å²) in [6.07, 6.45) is 0. The minimum Gasteiger partial charge on any atom is -0.494 e. The fourth-order valence-corrected chi connectivity index (χ4v) is 4.64. The number of carbonyl (C=O) groups excluding carboxylic acids is 1. The Bertz CT molecular complexity index is 1360. The van der Waals surface area contributed by atoms with E-state index >= 15 is 0 Å². The molecule has 7 nitrogen and oxygen atoms in total. The molecule has 0 aliphatic carbocycles. The molecule has 0 fully saturated rings. The number of ether oxygens (including phenoxy) is 1. The number of furan rings is 1. The van der Waals surface area contributed by atoms with Crippen molar-refractivity contribution in [3.63, 3.8) is 0 Å². The number of sulfone groups is 1. The molecular formula is C22H20N2O5S2. The number of fused-ring (bicyclic) bond motifs is 1. The summed E-state index contributed by atoms with van der Waals surface area (Å²) in [6, 6.07) is 13.4. The number of benzene rings is 2. The van der Waals surface area contributed by atoms with Crippen molar-refractivity contribution < 1.29 is 22.4 Å². The first-order chi connectivity index (χ1) is 14.9. The number of carbonyl (C=O) groups is 1. The third kappa shape index (κ3) is 4.47. The van der Waals surface area contributed by atoms with Crippen LogP contribution in [0, 0.1) is 0 Å². The maximum Gasteiger partial charge on any atom is 0.257 e. The van der Waals surface area contributed by atoms with Crippen molar-refractivity contribution in [3.8, 4) is 17.2 Å². The van der Waals surface area contributed by atoms with E-state index in [1.807, 2.05) is 31.2 Å². The van der Waals surface area contributed by atoms with E-state index in [0.29, 0.717) is 28.8 Å². The van der Waals surface area contributed by atoms with E-state index in [4.69, 9.17) is 9.15 Å². The summed E-state index contributed by atoms with van der Waals surface area (Å²) in [6.45, 7) is 4.07. The lowest BCUT2D eigenvalue weighted by Gasteiger charge is -2.05. The molecule has 0 bridgehead atoms. The average Bonchev–Trinajstić information content (AvgIpc) is 3.40. The van der Waals surface area contributed by atoms with Crippen molar-refractivity contribution in [3.05, 3.63) is 59.5 Å². The van der Waals surface area contributed by atoms with Gasteiger partial charge in [0.2, 0.25) is 0 Å². The second kappa shape index (κ2) is 8.52. The molecule has 31 heavy (non-hydrogen) atoms. The third-order valence-corrected chi connectivity index (χ3v) is 7.10. The molecule has 0 saturated carbocycles. The van der Waals surface area contributed by atoms with Crippen LogP contribution in [0.3, 0.4) is 0 Å². The second-order valence-corrected chi connectivity index (χ2v) is 9.80. The van der Waals surface area contributed by atoms with Crippen LogP contribution < -0.4 is 10.1 Å². The number of thiazole rings is 1. The highest BCUT2D eigenvalue weighted by Crippen LogP contribution is 2.32. The summed E-state index contributed by atoms with van der Waals surface area (Å²) in [4.78, 5) is 17.1. The van der Waals surface area contributed by atoms with Crippen molar-refractivity contribution in [2.45, 2.75) is 18.7 Å². The van der Waals surface area contributed by atoms with Crippen LogP contribution in [-0.2, 0) is 9.84 Å². The van der Waals surface area contributed by atoms with Gasteiger partial charge in [0, 0.05) is 16.3 Å². The van der Waals surface area contributed by atoms with E-state index in [2.05, 4.69) is 10.3 Å². The summed E-state index contributed by atoms with van der Waals surface area (Å²) in [7, 11) is -3.39. The number of hydrogen-bond donors (Lipinski definition) is 1. The molecule has 4 aromatic rings. The molecule has 1 N–H and O–H groups in total. The quantitative estimate of drug-likeness (QED) is 0.420. The van der Waals surface area contributed by atoms with E-state index in [-0.39, 0.29) is 16.2 Å². The van der Waals surface area contributed by atoms with Gasteiger partial charge in [-0.15, -0.1) is 11.3 Å². The van der Waals surface area contributed by atoms with Gasteiger partial charge in [0.05, 0.1) is 17.3 Å². The Kier molecular flexibility index (Phi) is 5.79. The number of hydrogen-bond acceptors (Lipinski definition) is 7. The van der Waals surface area contributed by atoms with Gasteiger partial charge in [-0.05, 0) is 49.4 Å². The van der Waals surface area contributed by atoms with Crippen molar-refractivity contribution >= 4 is 43.2 Å². The first-order valence-corrected chi connectivity index (χ1v) is 12.2. The van der Waals surface area contributed by atoms with Crippen molar-refractivity contribution in [2.24, 2.45) is 0 Å². The van der Waals surface area contributed by atoms with Gasteiger partial charge in [-0.1, -0.05) is 13.0 Å². The van der Waals surface area contributed by atoms with Crippen LogP contribution in [0.5, 0.6) is 5.75 Å². The van der Waals surface area contributed by atoms with Crippen molar-refractivity contribution in [1.82, 2.24) is 4.98 Å². The van der Waals surface area contributed by atoms with Gasteiger partial charge in [0.1, 0.15) is 17.0 Å². The van der Waals surface area contributed by atoms with Crippen molar-refractivity contribution in [2.75, 3.05) is 17.7 Å². The SMILES string of the molecule is CCOc1ccc2oc(-c3csc(NC(=O)c4cccc(S(=O)(=O)CC)c4)n3)cc2c1. The number of rotatable bonds is 7. The molecule has 0 atom stereocenters. The van der Waals surface area contributed by atoms with Gasteiger partial charge in [0.25, 0.3) is 5.91 Å². The van der Waals surface area contributed by atoms with Crippen LogP contribution >= 0.6 is 11.3 Å². The predicted molar refractivity (Wildman–Crippen MR) is 121 cm³/mol. The Hall–Kier alpha value is -3.17. The molecule has 4 rings (SSSR count). The molecule has 2 aromatic carbocycles. The Balaban J connectivity index is 1.54. The fourth-order valence-electron chi connectivity index (χ4n) is 3.02. The summed E-state index contributed by atoms with van der Waals surface area (Å²) in [5, 5.41) is 5.79. The fraction of sp³-hybridized carbons (Fsp3) is 0.182. The van der Waals surface area contributed by atoms with E-state index in [1.165, 1.54) is 23.5 Å². The molecular weight excluding hydrogens is 436 g/mol. The van der Waals surface area contributed by atoms with E-state index in [1.54, 1.807) is 24.4 Å². The van der Waals surface area contributed by atoms with Crippen LogP contribution in [0.15, 0.2) is 63.2 Å². The maximum atomic E-state index is 12.6. The Morgan fingerprint density at radius 3 is 2.77 bits per heavy atom. The van der Waals surface area contributed by atoms with Crippen LogP contribution in [0.4, 0.5) is 5.13 Å². The number of anilines is 1. The molecule has 160 valence electrons. The molecule has 0 saturated heterocycles. The Labute approximate surface area is 183 Å². The number of amides is 1. The number of nitrogens with one attached hydrogen (secondary N) is 1. The van der Waals surface area contributed by atoms with Crippen LogP contribution in [0.25, 0.3) is 22.4 Å². The van der Waals surface area contributed by atoms with Crippen LogP contribution in [-0.4, -0.2) is 31.7 Å². The zero-order valence-electron chi connectivity index (χ0n) is 16.9. The lowest BCUT2D eigenvalue weighted by atomic mass is 10.2. The standard InChI is InChI=1S/C22H20N2O5S2/c1-3-28-16-8-9-19-15(10-16)12-20(29-19)18-13-30-22(23-18)24-21(25)14-6-5-7-17(11-14)31(26,27)4-2/h5-13H,3-4H2,1-2H3,(H,23,24,25). The normalized spacial score (nSPS) is 11.5. The second-order valence-electron chi connectivity index (χ2n) is 6.67. The molecule has 2 aromatic heterocycles. The largest absolute Gasteiger partial charge is 0.494 e. The topological polar surface area (TPSA) is 98.5 Å². The lowest BCUT2D eigenvalue weighted by molar-refractivity contribution is 0.102. The van der Waals surface area contributed by atoms with Gasteiger partial charge >= 0.3 is 0 Å². The Morgan fingerprint density at radius 2 is 2.00 bits per heavy atom. The molecule has 2 heterocycles. The highest BCUT2D eigenvalue weighted by Gasteiger charge is 2.16. The van der Waals surface area contributed by atoms with E-state index < -0.39 is 15.7 Å². The first kappa shape index (κ1) is 21.1. The molecule has 0 spiro atoms. The summed E-state index contributed by atoms with van der Waals surface area (Å²) >= 11 is 1.26. The zero-order valence-corrected chi connectivity index (χ0v) is 18.5. The predicted octanol–water partition coefficient (Wildman–Crippen LogP) is 5.00. The van der Waals surface area contributed by atoms with E-state index in [0.717, 1.165) is 11.1 Å². The molecule has 0 radical (unpaired) electrons. The van der Waals surface area contributed by atoms with Crippen LogP contribution in [0.1, 0.15) is 24.2 Å². The monoisotopic (exact) mass is 456 g/mol. The number of aromatic nitrogens is 1. The highest BCUT2D eigenvalue weighted by molar-refractivity contribution is 7.91. The summed E-state index contributed by atoms with van der Waals surface area (Å²) in [5.74, 6) is 0.884. The third-order valence-electron chi connectivity index (χ3n) is 4.61. The first-order valence-electron chi connectivity index (χ1n) is 9.66. The minimum absolute atomic E-state index is 0.0303. The number of nitrogens with zero attached hydrogens (tertiary/aromatic N) is 1. The van der Waals surface area contributed by atoms with E-state index in [9.17, 15) is 13.2 Å². The van der Waals surface area contributed by atoms with Crippen molar-refractivity contribution in [1.29, 1.82) is 0 Å². The van der Waals surface area contributed by atoms with Gasteiger partial charge in [0.15, 0.2) is 20.7 Å². The lowest BCUT2D eigenvalue weighted by Crippen LogP contribution is -2.13. The molecule has 9 heteroatoms. The highest BCUT2D eigenvalue weighted by atomic mass is 32.2. The smallest absolute Gasteiger partial charge is 0.257 e. The molecule has 0 aliphatic rings. The van der Waals surface area contributed by atoms with Crippen LogP contribution in [0.2, 0.25) is 0 Å². The van der Waals surface area contributed by atoms with Gasteiger partial charge < -0.3 is 9.15 Å². The van der Waals surface area contributed by atoms with Gasteiger partial charge in [-0.3, -0.25) is 10.1 Å². The maximum absolute atomic E-state index is 12.6. The van der Waals surface area contributed by atoms with Gasteiger partial charge in [-0.2, -0.15) is 0 Å².